The van der Waals surface area contributed by atoms with Crippen molar-refractivity contribution in [3.8, 4) is 0 Å². The lowest BCUT2D eigenvalue weighted by atomic mass is 10.2. The number of rotatable bonds is 8. The predicted octanol–water partition coefficient (Wildman–Crippen LogP) is 0.351. The summed E-state index contributed by atoms with van der Waals surface area (Å²) in [6.07, 6.45) is 2.42. The Morgan fingerprint density at radius 2 is 2.25 bits per heavy atom. The molecule has 6 heteroatoms. The predicted molar refractivity (Wildman–Crippen MR) is 59.3 cm³/mol. The fourth-order valence-corrected chi connectivity index (χ4v) is 0.980. The number of hydrogen-bond acceptors (Lipinski definition) is 3. The molecule has 0 aromatic rings. The number of amides is 2. The molecule has 0 saturated carbocycles. The van der Waals surface area contributed by atoms with E-state index in [4.69, 9.17) is 9.84 Å². The summed E-state index contributed by atoms with van der Waals surface area (Å²) >= 11 is 0. The van der Waals surface area contributed by atoms with E-state index in [-0.39, 0.29) is 31.8 Å². The van der Waals surface area contributed by atoms with E-state index >= 15 is 0 Å². The highest BCUT2D eigenvalue weighted by Gasteiger charge is 2.04. The van der Waals surface area contributed by atoms with Crippen LogP contribution in [0.25, 0.3) is 0 Å². The molecule has 0 fully saturated rings. The van der Waals surface area contributed by atoms with Gasteiger partial charge in [-0.25, -0.2) is 9.59 Å². The highest BCUT2D eigenvalue weighted by Crippen LogP contribution is 1.89. The van der Waals surface area contributed by atoms with Gasteiger partial charge in [0.15, 0.2) is 0 Å². The van der Waals surface area contributed by atoms with Crippen LogP contribution in [0.2, 0.25) is 0 Å². The number of carboxylic acid groups (broad SMARTS) is 1. The van der Waals surface area contributed by atoms with Crippen LogP contribution in [0.3, 0.4) is 0 Å². The van der Waals surface area contributed by atoms with Crippen LogP contribution in [0.5, 0.6) is 0 Å². The van der Waals surface area contributed by atoms with Crippen LogP contribution in [0, 0.1) is 0 Å². The number of carboxylic acids is 1. The molecule has 0 aliphatic heterocycles. The van der Waals surface area contributed by atoms with Crippen LogP contribution in [-0.4, -0.2) is 42.9 Å². The van der Waals surface area contributed by atoms with Crippen LogP contribution >= 0.6 is 0 Å². The zero-order valence-corrected chi connectivity index (χ0v) is 9.36. The average Bonchev–Trinajstić information content (AvgIpc) is 2.16. The summed E-state index contributed by atoms with van der Waals surface area (Å²) in [6.45, 7) is 5.53. The van der Waals surface area contributed by atoms with Gasteiger partial charge >= 0.3 is 12.0 Å². The quantitative estimate of drug-likeness (QED) is 0.415. The lowest BCUT2D eigenvalue weighted by Crippen LogP contribution is -2.41. The summed E-state index contributed by atoms with van der Waals surface area (Å²) in [5, 5.41) is 13.5. The summed E-state index contributed by atoms with van der Waals surface area (Å²) in [5.41, 5.74) is 0. The van der Waals surface area contributed by atoms with E-state index in [1.807, 2.05) is 6.92 Å². The summed E-state index contributed by atoms with van der Waals surface area (Å²) < 4.78 is 4.74. The smallest absolute Gasteiger partial charge is 0.329 e. The van der Waals surface area contributed by atoms with Gasteiger partial charge in [-0.1, -0.05) is 6.08 Å². The summed E-state index contributed by atoms with van der Waals surface area (Å²) in [4.78, 5) is 21.3. The third-order valence-corrected chi connectivity index (χ3v) is 1.66. The number of carbonyl (C=O) groups is 2. The highest BCUT2D eigenvalue weighted by molar-refractivity contribution is 5.74. The molecule has 0 aliphatic carbocycles. The zero-order valence-electron chi connectivity index (χ0n) is 9.36. The van der Waals surface area contributed by atoms with Gasteiger partial charge in [-0.15, -0.1) is 6.58 Å². The molecule has 2 amide bonds. The first-order chi connectivity index (χ1) is 7.56. The molecule has 0 aromatic carbocycles. The topological polar surface area (TPSA) is 87.7 Å². The number of ether oxygens (including phenoxy) is 1. The van der Waals surface area contributed by atoms with Gasteiger partial charge in [0.05, 0.1) is 6.61 Å². The number of hydrogen-bond donors (Lipinski definition) is 3. The molecule has 16 heavy (non-hydrogen) atoms. The third kappa shape index (κ3) is 9.01. The molecule has 0 saturated heterocycles. The molecular weight excluding hydrogens is 212 g/mol. The van der Waals surface area contributed by atoms with Gasteiger partial charge in [0.2, 0.25) is 0 Å². The molecule has 6 nitrogen and oxygen atoms in total. The van der Waals surface area contributed by atoms with Crippen molar-refractivity contribution < 1.29 is 19.4 Å². The largest absolute Gasteiger partial charge is 0.480 e. The Hall–Kier alpha value is -1.56. The maximum Gasteiger partial charge on any atom is 0.329 e. The first kappa shape index (κ1) is 14.4. The second kappa shape index (κ2) is 8.72. The van der Waals surface area contributed by atoms with E-state index in [0.717, 1.165) is 0 Å². The molecule has 1 unspecified atom stereocenters. The average molecular weight is 230 g/mol. The molecule has 1 atom stereocenters. The van der Waals surface area contributed by atoms with Crippen LogP contribution in [0.4, 0.5) is 4.79 Å². The van der Waals surface area contributed by atoms with Gasteiger partial charge in [0, 0.05) is 12.6 Å². The number of aliphatic carboxylic acids is 1. The Morgan fingerprint density at radius 3 is 2.81 bits per heavy atom. The van der Waals surface area contributed by atoms with Gasteiger partial charge < -0.3 is 20.5 Å². The third-order valence-electron chi connectivity index (χ3n) is 1.66. The molecular formula is C10H18N2O4. The minimum atomic E-state index is -1.02. The number of urea groups is 1. The molecule has 0 bridgehead atoms. The Labute approximate surface area is 94.7 Å². The maximum absolute atomic E-state index is 11.2. The van der Waals surface area contributed by atoms with E-state index < -0.39 is 5.97 Å². The first-order valence-corrected chi connectivity index (χ1v) is 5.01. The molecule has 0 radical (unpaired) electrons. The van der Waals surface area contributed by atoms with E-state index in [9.17, 15) is 9.59 Å². The summed E-state index contributed by atoms with van der Waals surface area (Å²) in [7, 11) is 0. The molecule has 3 N–H and O–H groups in total. The fraction of sp³-hybridized carbons (Fsp3) is 0.600. The molecule has 0 aromatic heterocycles. The van der Waals surface area contributed by atoms with Crippen molar-refractivity contribution in [2.75, 3.05) is 19.8 Å². The number of nitrogens with one attached hydrogen (secondary N) is 2. The summed E-state index contributed by atoms with van der Waals surface area (Å²) in [5.74, 6) is -1.02. The SMILES string of the molecule is C=CCC(C)NC(=O)NCCOCC(=O)O. The number of carbonyl (C=O) groups excluding carboxylic acids is 1. The van der Waals surface area contributed by atoms with Crippen molar-refractivity contribution in [3.63, 3.8) is 0 Å². The highest BCUT2D eigenvalue weighted by atomic mass is 16.5. The van der Waals surface area contributed by atoms with Crippen LogP contribution in [0.15, 0.2) is 12.7 Å². The van der Waals surface area contributed by atoms with Gasteiger partial charge in [-0.05, 0) is 13.3 Å². The van der Waals surface area contributed by atoms with Crippen LogP contribution < -0.4 is 10.6 Å². The monoisotopic (exact) mass is 230 g/mol. The first-order valence-electron chi connectivity index (χ1n) is 5.01. The van der Waals surface area contributed by atoms with Gasteiger partial charge in [0.25, 0.3) is 0 Å². The van der Waals surface area contributed by atoms with Crippen molar-refractivity contribution in [2.24, 2.45) is 0 Å². The van der Waals surface area contributed by atoms with Crippen molar-refractivity contribution in [2.45, 2.75) is 19.4 Å². The Bertz CT molecular complexity index is 243. The molecule has 0 aliphatic rings. The Balaban J connectivity index is 3.43. The minimum Gasteiger partial charge on any atom is -0.480 e. The molecule has 0 heterocycles. The van der Waals surface area contributed by atoms with E-state index in [0.29, 0.717) is 6.42 Å². The Morgan fingerprint density at radius 1 is 1.56 bits per heavy atom. The normalized spacial score (nSPS) is 11.6. The van der Waals surface area contributed by atoms with Crippen LogP contribution in [0.1, 0.15) is 13.3 Å². The lowest BCUT2D eigenvalue weighted by molar-refractivity contribution is -0.142. The van der Waals surface area contributed by atoms with Crippen LogP contribution in [-0.2, 0) is 9.53 Å². The second-order valence-corrected chi connectivity index (χ2v) is 3.27. The standard InChI is InChI=1S/C10H18N2O4/c1-3-4-8(2)12-10(15)11-5-6-16-7-9(13)14/h3,8H,1,4-7H2,2H3,(H,13,14)(H2,11,12,15). The maximum atomic E-state index is 11.2. The fourth-order valence-electron chi connectivity index (χ4n) is 0.980. The zero-order chi connectivity index (χ0) is 12.4. The van der Waals surface area contributed by atoms with Gasteiger partial charge in [0.1, 0.15) is 6.61 Å². The van der Waals surface area contributed by atoms with Crippen molar-refractivity contribution in [1.29, 1.82) is 0 Å². The van der Waals surface area contributed by atoms with Crippen molar-refractivity contribution in [3.05, 3.63) is 12.7 Å². The van der Waals surface area contributed by atoms with Crippen molar-refractivity contribution >= 4 is 12.0 Å². The molecule has 0 spiro atoms. The molecule has 0 rings (SSSR count). The van der Waals surface area contributed by atoms with Crippen molar-refractivity contribution in [1.82, 2.24) is 10.6 Å². The lowest BCUT2D eigenvalue weighted by Gasteiger charge is -2.12. The summed E-state index contributed by atoms with van der Waals surface area (Å²) in [6, 6.07) is -0.272. The minimum absolute atomic E-state index is 0.0254. The molecule has 92 valence electrons. The Kier molecular flexibility index (Phi) is 7.87. The van der Waals surface area contributed by atoms with Gasteiger partial charge in [-0.2, -0.15) is 0 Å². The van der Waals surface area contributed by atoms with E-state index in [1.54, 1.807) is 6.08 Å². The van der Waals surface area contributed by atoms with Gasteiger partial charge in [-0.3, -0.25) is 0 Å². The second-order valence-electron chi connectivity index (χ2n) is 3.27. The van der Waals surface area contributed by atoms with E-state index in [1.165, 1.54) is 0 Å². The van der Waals surface area contributed by atoms with E-state index in [2.05, 4.69) is 17.2 Å².